The summed E-state index contributed by atoms with van der Waals surface area (Å²) in [4.78, 5) is 27.9. The van der Waals surface area contributed by atoms with E-state index >= 15 is 0 Å². The van der Waals surface area contributed by atoms with Gasteiger partial charge in [0.2, 0.25) is 11.8 Å². The molecular formula is C24H33N3O4. The van der Waals surface area contributed by atoms with Gasteiger partial charge in [0.25, 0.3) is 0 Å². The van der Waals surface area contributed by atoms with Gasteiger partial charge in [-0.05, 0) is 30.5 Å². The van der Waals surface area contributed by atoms with Crippen molar-refractivity contribution in [3.63, 3.8) is 0 Å². The lowest BCUT2D eigenvalue weighted by Gasteiger charge is -2.33. The third-order valence-corrected chi connectivity index (χ3v) is 5.34. The van der Waals surface area contributed by atoms with Gasteiger partial charge in [0.15, 0.2) is 0 Å². The lowest BCUT2D eigenvalue weighted by Crippen LogP contribution is -2.46. The van der Waals surface area contributed by atoms with Crippen LogP contribution in [0.25, 0.3) is 0 Å². The molecule has 0 bridgehead atoms. The minimum Gasteiger partial charge on any atom is -0.465 e. The monoisotopic (exact) mass is 427 g/mol. The number of amides is 2. The van der Waals surface area contributed by atoms with E-state index in [1.807, 2.05) is 63.2 Å². The number of aryl methyl sites for hydroxylation is 1. The quantitative estimate of drug-likeness (QED) is 0.643. The molecule has 2 atom stereocenters. The van der Waals surface area contributed by atoms with E-state index < -0.39 is 6.04 Å². The van der Waals surface area contributed by atoms with Crippen molar-refractivity contribution in [2.45, 2.75) is 39.3 Å². The van der Waals surface area contributed by atoms with Crippen molar-refractivity contribution in [1.29, 1.82) is 0 Å². The maximum absolute atomic E-state index is 13.2. The van der Waals surface area contributed by atoms with Crippen LogP contribution in [-0.4, -0.2) is 49.6 Å². The predicted octanol–water partition coefficient (Wildman–Crippen LogP) is 2.98. The van der Waals surface area contributed by atoms with E-state index in [-0.39, 0.29) is 23.8 Å². The van der Waals surface area contributed by atoms with E-state index in [4.69, 9.17) is 9.15 Å². The van der Waals surface area contributed by atoms with Gasteiger partial charge >= 0.3 is 0 Å². The molecule has 2 N–H and O–H groups in total. The van der Waals surface area contributed by atoms with Gasteiger partial charge in [0, 0.05) is 26.1 Å². The Kier molecular flexibility index (Phi) is 8.26. The molecule has 2 unspecified atom stereocenters. The molecule has 1 saturated heterocycles. The summed E-state index contributed by atoms with van der Waals surface area (Å²) in [5.41, 5.74) is 0.758. The number of hydrogen-bond acceptors (Lipinski definition) is 5. The van der Waals surface area contributed by atoms with Crippen LogP contribution >= 0.6 is 0 Å². The van der Waals surface area contributed by atoms with Gasteiger partial charge in [-0.2, -0.15) is 0 Å². The number of carbonyl (C=O) groups is 2. The molecular weight excluding hydrogens is 394 g/mol. The Balaban J connectivity index is 1.73. The molecule has 1 aliphatic heterocycles. The first kappa shape index (κ1) is 23.0. The lowest BCUT2D eigenvalue weighted by molar-refractivity contribution is -0.129. The van der Waals surface area contributed by atoms with E-state index in [9.17, 15) is 9.59 Å². The summed E-state index contributed by atoms with van der Waals surface area (Å²) in [6, 6.07) is 12.4. The number of benzene rings is 1. The highest BCUT2D eigenvalue weighted by Crippen LogP contribution is 2.24. The molecule has 7 heteroatoms. The van der Waals surface area contributed by atoms with E-state index in [0.717, 1.165) is 30.2 Å². The number of nitrogens with zero attached hydrogens (tertiary/aromatic N) is 1. The van der Waals surface area contributed by atoms with Crippen LogP contribution in [0.3, 0.4) is 0 Å². The molecule has 1 aromatic heterocycles. The number of morpholine rings is 1. The van der Waals surface area contributed by atoms with Crippen molar-refractivity contribution in [1.82, 2.24) is 15.5 Å². The molecule has 0 spiro atoms. The SMILES string of the molecule is Cc1ccc(C(CNC(=O)C(NC(=O)CC(C)C)c2ccccc2)N2CCOCC2)o1. The topological polar surface area (TPSA) is 83.8 Å². The Labute approximate surface area is 184 Å². The highest BCUT2D eigenvalue weighted by molar-refractivity contribution is 5.88. The van der Waals surface area contributed by atoms with Crippen molar-refractivity contribution in [3.8, 4) is 0 Å². The molecule has 2 aromatic rings. The Bertz CT molecular complexity index is 844. The summed E-state index contributed by atoms with van der Waals surface area (Å²) in [6.07, 6.45) is 0.374. The summed E-state index contributed by atoms with van der Waals surface area (Å²) in [5, 5.41) is 5.95. The minimum absolute atomic E-state index is 0.0932. The van der Waals surface area contributed by atoms with Crippen LogP contribution in [0, 0.1) is 12.8 Å². The van der Waals surface area contributed by atoms with Crippen molar-refractivity contribution < 1.29 is 18.7 Å². The van der Waals surface area contributed by atoms with Crippen LogP contribution in [0.5, 0.6) is 0 Å². The fourth-order valence-corrected chi connectivity index (χ4v) is 3.77. The van der Waals surface area contributed by atoms with Gasteiger partial charge in [0.1, 0.15) is 17.6 Å². The zero-order chi connectivity index (χ0) is 22.2. The smallest absolute Gasteiger partial charge is 0.247 e. The van der Waals surface area contributed by atoms with Gasteiger partial charge in [0.05, 0.1) is 19.3 Å². The van der Waals surface area contributed by atoms with Crippen LogP contribution in [0.15, 0.2) is 46.9 Å². The number of hydrogen-bond donors (Lipinski definition) is 2. The molecule has 31 heavy (non-hydrogen) atoms. The van der Waals surface area contributed by atoms with Gasteiger partial charge in [-0.25, -0.2) is 0 Å². The fraction of sp³-hybridized carbons (Fsp3) is 0.500. The second kappa shape index (κ2) is 11.1. The highest BCUT2D eigenvalue weighted by atomic mass is 16.5. The largest absolute Gasteiger partial charge is 0.465 e. The Hall–Kier alpha value is -2.64. The number of furan rings is 1. The van der Waals surface area contributed by atoms with Gasteiger partial charge in [-0.1, -0.05) is 44.2 Å². The standard InChI is InChI=1S/C24H33N3O4/c1-17(2)15-22(28)26-23(19-7-5-4-6-8-19)24(29)25-16-20(21-10-9-18(3)31-21)27-11-13-30-14-12-27/h4-10,17,20,23H,11-16H2,1-3H3,(H,25,29)(H,26,28). The summed E-state index contributed by atoms with van der Waals surface area (Å²) in [6.45, 7) is 9.11. The average Bonchev–Trinajstić information content (AvgIpc) is 3.19. The molecule has 1 aliphatic rings. The summed E-state index contributed by atoms with van der Waals surface area (Å²) < 4.78 is 11.4. The number of nitrogens with one attached hydrogen (secondary N) is 2. The van der Waals surface area contributed by atoms with E-state index in [0.29, 0.717) is 26.2 Å². The van der Waals surface area contributed by atoms with Crippen LogP contribution in [0.2, 0.25) is 0 Å². The first-order valence-electron chi connectivity index (χ1n) is 10.9. The average molecular weight is 428 g/mol. The van der Waals surface area contributed by atoms with Crippen LogP contribution < -0.4 is 10.6 Å². The second-order valence-corrected chi connectivity index (χ2v) is 8.37. The van der Waals surface area contributed by atoms with Gasteiger partial charge in [-0.15, -0.1) is 0 Å². The minimum atomic E-state index is -0.740. The number of rotatable bonds is 9. The van der Waals surface area contributed by atoms with Gasteiger partial charge < -0.3 is 19.8 Å². The molecule has 1 fully saturated rings. The van der Waals surface area contributed by atoms with Crippen molar-refractivity contribution in [2.24, 2.45) is 5.92 Å². The molecule has 0 aliphatic carbocycles. The lowest BCUT2D eigenvalue weighted by atomic mass is 10.0. The Morgan fingerprint density at radius 1 is 1.06 bits per heavy atom. The third kappa shape index (κ3) is 6.67. The van der Waals surface area contributed by atoms with Gasteiger partial charge in [-0.3, -0.25) is 14.5 Å². The Morgan fingerprint density at radius 3 is 2.39 bits per heavy atom. The zero-order valence-electron chi connectivity index (χ0n) is 18.6. The predicted molar refractivity (Wildman–Crippen MR) is 118 cm³/mol. The maximum atomic E-state index is 13.2. The third-order valence-electron chi connectivity index (χ3n) is 5.34. The zero-order valence-corrected chi connectivity index (χ0v) is 18.6. The Morgan fingerprint density at radius 2 is 1.77 bits per heavy atom. The number of carbonyl (C=O) groups excluding carboxylic acids is 2. The van der Waals surface area contributed by atoms with Crippen molar-refractivity contribution in [3.05, 3.63) is 59.5 Å². The molecule has 168 valence electrons. The molecule has 0 saturated carbocycles. The van der Waals surface area contributed by atoms with E-state index in [2.05, 4.69) is 15.5 Å². The number of ether oxygens (including phenoxy) is 1. The van der Waals surface area contributed by atoms with E-state index in [1.165, 1.54) is 0 Å². The molecule has 7 nitrogen and oxygen atoms in total. The molecule has 0 radical (unpaired) electrons. The van der Waals surface area contributed by atoms with Crippen molar-refractivity contribution in [2.75, 3.05) is 32.8 Å². The summed E-state index contributed by atoms with van der Waals surface area (Å²) >= 11 is 0. The molecule has 2 amide bonds. The molecule has 1 aromatic carbocycles. The maximum Gasteiger partial charge on any atom is 0.247 e. The summed E-state index contributed by atoms with van der Waals surface area (Å²) in [7, 11) is 0. The fourth-order valence-electron chi connectivity index (χ4n) is 3.77. The molecule has 2 heterocycles. The van der Waals surface area contributed by atoms with Crippen LogP contribution in [0.4, 0.5) is 0 Å². The normalized spacial score (nSPS) is 16.6. The summed E-state index contributed by atoms with van der Waals surface area (Å²) in [5.74, 6) is 1.50. The van der Waals surface area contributed by atoms with Crippen LogP contribution in [-0.2, 0) is 14.3 Å². The highest BCUT2D eigenvalue weighted by Gasteiger charge is 2.28. The first-order valence-corrected chi connectivity index (χ1v) is 10.9. The first-order chi connectivity index (χ1) is 14.9. The van der Waals surface area contributed by atoms with E-state index in [1.54, 1.807) is 0 Å². The van der Waals surface area contributed by atoms with Crippen molar-refractivity contribution >= 4 is 11.8 Å². The molecule has 3 rings (SSSR count). The second-order valence-electron chi connectivity index (χ2n) is 8.37. The van der Waals surface area contributed by atoms with Crippen LogP contribution in [0.1, 0.15) is 49.4 Å².